The van der Waals surface area contributed by atoms with Crippen molar-refractivity contribution in [1.29, 1.82) is 0 Å². The Hall–Kier alpha value is -3.23. The number of hydrogen-bond donors (Lipinski definition) is 1. The maximum atomic E-state index is 12.5. The third-order valence-corrected chi connectivity index (χ3v) is 5.18. The molecular weight excluding hydrogens is 360 g/mol. The van der Waals surface area contributed by atoms with Crippen LogP contribution in [0.25, 0.3) is 11.5 Å². The van der Waals surface area contributed by atoms with Crippen molar-refractivity contribution in [1.82, 2.24) is 29.6 Å². The number of H-pyrrole nitrogens is 1. The number of imidazole rings is 1. The van der Waals surface area contributed by atoms with E-state index in [-0.39, 0.29) is 17.4 Å². The minimum atomic E-state index is -0.177. The van der Waals surface area contributed by atoms with Crippen molar-refractivity contribution in [2.24, 2.45) is 0 Å². The zero-order chi connectivity index (χ0) is 19.5. The summed E-state index contributed by atoms with van der Waals surface area (Å²) in [5.41, 5.74) is 0.504. The van der Waals surface area contributed by atoms with E-state index in [1.807, 2.05) is 22.6 Å². The van der Waals surface area contributed by atoms with Crippen LogP contribution in [0.1, 0.15) is 36.8 Å². The van der Waals surface area contributed by atoms with Gasteiger partial charge >= 0.3 is 0 Å². The molecule has 0 aromatic carbocycles. The highest BCUT2D eigenvalue weighted by atomic mass is 16.5. The van der Waals surface area contributed by atoms with Gasteiger partial charge in [-0.05, 0) is 25.8 Å². The number of carbonyl (C=O) groups excluding carboxylic acids is 1. The Balaban J connectivity index is 1.31. The SMILES string of the molecule is Cc1nccn1CCC(=O)N1CCC(c2noc(-c3ccc(=O)[nH]c3)n2)CC1. The standard InChI is InChI=1S/C19H22N6O3/c1-13-20-7-11-24(13)10-6-17(27)25-8-4-14(5-9-25)18-22-19(28-23-18)15-2-3-16(26)21-12-15/h2-3,7,11-12,14H,4-6,8-10H2,1H3,(H,21,26). The summed E-state index contributed by atoms with van der Waals surface area (Å²) in [5.74, 6) is 2.29. The highest BCUT2D eigenvalue weighted by Gasteiger charge is 2.27. The summed E-state index contributed by atoms with van der Waals surface area (Å²) in [6.07, 6.45) is 7.28. The Morgan fingerprint density at radius 2 is 2.14 bits per heavy atom. The van der Waals surface area contributed by atoms with Gasteiger partial charge in [0, 0.05) is 56.6 Å². The molecule has 1 fully saturated rings. The number of nitrogens with one attached hydrogen (secondary N) is 1. The van der Waals surface area contributed by atoms with Gasteiger partial charge < -0.3 is 19.0 Å². The van der Waals surface area contributed by atoms with Crippen LogP contribution in [0.5, 0.6) is 0 Å². The predicted molar refractivity (Wildman–Crippen MR) is 100 cm³/mol. The van der Waals surface area contributed by atoms with Crippen LogP contribution in [-0.4, -0.2) is 48.6 Å². The lowest BCUT2D eigenvalue weighted by molar-refractivity contribution is -0.132. The molecule has 28 heavy (non-hydrogen) atoms. The summed E-state index contributed by atoms with van der Waals surface area (Å²) in [7, 11) is 0. The van der Waals surface area contributed by atoms with Crippen LogP contribution < -0.4 is 5.56 Å². The van der Waals surface area contributed by atoms with Crippen LogP contribution in [0.15, 0.2) is 40.0 Å². The summed E-state index contributed by atoms with van der Waals surface area (Å²) in [6, 6.07) is 3.08. The molecule has 3 aromatic heterocycles. The number of aryl methyl sites for hydroxylation is 2. The molecule has 146 valence electrons. The van der Waals surface area contributed by atoms with Crippen molar-refractivity contribution < 1.29 is 9.32 Å². The first-order chi connectivity index (χ1) is 13.6. The fraction of sp³-hybridized carbons (Fsp3) is 0.421. The molecule has 1 amide bonds. The van der Waals surface area contributed by atoms with Crippen molar-refractivity contribution in [3.63, 3.8) is 0 Å². The molecule has 1 aliphatic rings. The molecule has 4 rings (SSSR count). The lowest BCUT2D eigenvalue weighted by atomic mass is 9.96. The number of carbonyl (C=O) groups is 1. The zero-order valence-corrected chi connectivity index (χ0v) is 15.7. The third kappa shape index (κ3) is 3.88. The summed E-state index contributed by atoms with van der Waals surface area (Å²) in [4.78, 5) is 36.8. The number of likely N-dealkylation sites (tertiary alicyclic amines) is 1. The van der Waals surface area contributed by atoms with Gasteiger partial charge in [0.05, 0.1) is 5.56 Å². The third-order valence-electron chi connectivity index (χ3n) is 5.18. The molecule has 0 saturated carbocycles. The topological polar surface area (TPSA) is 110 Å². The number of hydrogen-bond acceptors (Lipinski definition) is 6. The van der Waals surface area contributed by atoms with Gasteiger partial charge in [-0.1, -0.05) is 5.16 Å². The van der Waals surface area contributed by atoms with Crippen molar-refractivity contribution in [3.05, 3.63) is 52.7 Å². The fourth-order valence-electron chi connectivity index (χ4n) is 3.46. The van der Waals surface area contributed by atoms with E-state index in [0.29, 0.717) is 43.3 Å². The highest BCUT2D eigenvalue weighted by molar-refractivity contribution is 5.76. The maximum absolute atomic E-state index is 12.5. The molecule has 1 N–H and O–H groups in total. The van der Waals surface area contributed by atoms with E-state index >= 15 is 0 Å². The number of rotatable bonds is 5. The normalized spacial score (nSPS) is 15.1. The van der Waals surface area contributed by atoms with E-state index < -0.39 is 0 Å². The Morgan fingerprint density at radius 1 is 1.32 bits per heavy atom. The molecule has 0 radical (unpaired) electrons. The van der Waals surface area contributed by atoms with Crippen LogP contribution in [-0.2, 0) is 11.3 Å². The van der Waals surface area contributed by atoms with Gasteiger partial charge in [0.15, 0.2) is 5.82 Å². The van der Waals surface area contributed by atoms with Gasteiger partial charge in [0.2, 0.25) is 11.5 Å². The largest absolute Gasteiger partial charge is 0.343 e. The van der Waals surface area contributed by atoms with Crippen molar-refractivity contribution in [2.45, 2.75) is 38.6 Å². The van der Waals surface area contributed by atoms with E-state index in [1.54, 1.807) is 18.5 Å². The Kier molecular flexibility index (Phi) is 5.05. The summed E-state index contributed by atoms with van der Waals surface area (Å²) in [5, 5.41) is 4.10. The fourth-order valence-corrected chi connectivity index (χ4v) is 3.46. The summed E-state index contributed by atoms with van der Waals surface area (Å²) < 4.78 is 7.33. The number of nitrogens with zero attached hydrogens (tertiary/aromatic N) is 5. The van der Waals surface area contributed by atoms with Gasteiger partial charge in [-0.2, -0.15) is 4.98 Å². The minimum Gasteiger partial charge on any atom is -0.343 e. The van der Waals surface area contributed by atoms with Crippen LogP contribution in [0.4, 0.5) is 0 Å². The number of aromatic nitrogens is 5. The molecule has 4 heterocycles. The number of piperidine rings is 1. The van der Waals surface area contributed by atoms with Crippen LogP contribution >= 0.6 is 0 Å². The molecule has 0 unspecified atom stereocenters. The van der Waals surface area contributed by atoms with Gasteiger partial charge in [-0.3, -0.25) is 9.59 Å². The van der Waals surface area contributed by atoms with Crippen molar-refractivity contribution in [3.8, 4) is 11.5 Å². The molecule has 1 aliphatic heterocycles. The van der Waals surface area contributed by atoms with E-state index in [4.69, 9.17) is 4.52 Å². The Labute approximate surface area is 161 Å². The van der Waals surface area contributed by atoms with Crippen LogP contribution in [0.3, 0.4) is 0 Å². The molecule has 9 nitrogen and oxygen atoms in total. The second kappa shape index (κ2) is 7.79. The Bertz CT molecular complexity index is 992. The smallest absolute Gasteiger partial charge is 0.259 e. The molecule has 0 aliphatic carbocycles. The maximum Gasteiger partial charge on any atom is 0.259 e. The number of amides is 1. The second-order valence-corrected chi connectivity index (χ2v) is 6.97. The molecule has 0 atom stereocenters. The lowest BCUT2D eigenvalue weighted by Crippen LogP contribution is -2.38. The quantitative estimate of drug-likeness (QED) is 0.719. The summed E-state index contributed by atoms with van der Waals surface area (Å²) in [6.45, 7) is 3.96. The zero-order valence-electron chi connectivity index (χ0n) is 15.7. The molecular formula is C19H22N6O3. The van der Waals surface area contributed by atoms with Crippen molar-refractivity contribution in [2.75, 3.05) is 13.1 Å². The van der Waals surface area contributed by atoms with Gasteiger partial charge in [-0.15, -0.1) is 0 Å². The lowest BCUT2D eigenvalue weighted by Gasteiger charge is -2.30. The van der Waals surface area contributed by atoms with E-state index in [2.05, 4.69) is 20.1 Å². The van der Waals surface area contributed by atoms with Crippen LogP contribution in [0, 0.1) is 6.92 Å². The van der Waals surface area contributed by atoms with Gasteiger partial charge in [0.1, 0.15) is 5.82 Å². The van der Waals surface area contributed by atoms with E-state index in [1.165, 1.54) is 6.07 Å². The average Bonchev–Trinajstić information content (AvgIpc) is 3.36. The monoisotopic (exact) mass is 382 g/mol. The molecule has 0 bridgehead atoms. The van der Waals surface area contributed by atoms with Crippen LogP contribution in [0.2, 0.25) is 0 Å². The van der Waals surface area contributed by atoms with Gasteiger partial charge in [-0.25, -0.2) is 4.98 Å². The van der Waals surface area contributed by atoms with Gasteiger partial charge in [0.25, 0.3) is 5.89 Å². The minimum absolute atomic E-state index is 0.161. The molecule has 9 heteroatoms. The predicted octanol–water partition coefficient (Wildman–Crippen LogP) is 1.73. The first kappa shape index (κ1) is 18.1. The number of pyridine rings is 1. The van der Waals surface area contributed by atoms with E-state index in [9.17, 15) is 9.59 Å². The number of aromatic amines is 1. The first-order valence-electron chi connectivity index (χ1n) is 9.38. The first-order valence-corrected chi connectivity index (χ1v) is 9.38. The highest BCUT2D eigenvalue weighted by Crippen LogP contribution is 2.28. The Morgan fingerprint density at radius 3 is 2.82 bits per heavy atom. The van der Waals surface area contributed by atoms with E-state index in [0.717, 1.165) is 18.7 Å². The molecule has 1 saturated heterocycles. The van der Waals surface area contributed by atoms with Crippen molar-refractivity contribution >= 4 is 5.91 Å². The second-order valence-electron chi connectivity index (χ2n) is 6.97. The molecule has 0 spiro atoms. The average molecular weight is 382 g/mol. The summed E-state index contributed by atoms with van der Waals surface area (Å²) >= 11 is 0. The molecule has 3 aromatic rings.